The second-order valence-electron chi connectivity index (χ2n) is 6.77. The lowest BCUT2D eigenvalue weighted by atomic mass is 10.2. The smallest absolute Gasteiger partial charge is 0.241 e. The lowest BCUT2D eigenvalue weighted by Crippen LogP contribution is -2.34. The van der Waals surface area contributed by atoms with Crippen LogP contribution in [0.15, 0.2) is 52.0 Å². The van der Waals surface area contributed by atoms with Crippen LogP contribution in [0.5, 0.6) is 0 Å². The SMILES string of the molecule is Cc1ccc(S(=O)(=O)NC(C[Si](C)(C)C)c2ccco2)cc1. The summed E-state index contributed by atoms with van der Waals surface area (Å²) < 4.78 is 33.4. The molecule has 1 N–H and O–H groups in total. The van der Waals surface area contributed by atoms with E-state index in [9.17, 15) is 8.42 Å². The van der Waals surface area contributed by atoms with Crippen LogP contribution in [0.3, 0.4) is 0 Å². The van der Waals surface area contributed by atoms with Crippen molar-refractivity contribution in [3.8, 4) is 0 Å². The van der Waals surface area contributed by atoms with E-state index < -0.39 is 18.1 Å². The van der Waals surface area contributed by atoms with E-state index in [1.807, 2.05) is 13.0 Å². The standard InChI is InChI=1S/C16H23NO3SSi/c1-13-7-9-14(10-8-13)21(18,19)17-15(12-22(2,3)4)16-6-5-11-20-16/h5-11,15,17H,12H2,1-4H3. The number of aryl methyl sites for hydroxylation is 1. The number of rotatable bonds is 6. The molecule has 0 aliphatic heterocycles. The van der Waals surface area contributed by atoms with Crippen molar-refractivity contribution < 1.29 is 12.8 Å². The topological polar surface area (TPSA) is 59.3 Å². The molecule has 120 valence electrons. The molecule has 22 heavy (non-hydrogen) atoms. The normalized spacial score (nSPS) is 14.0. The number of sulfonamides is 1. The van der Waals surface area contributed by atoms with E-state index in [4.69, 9.17) is 4.42 Å². The van der Waals surface area contributed by atoms with E-state index in [0.717, 1.165) is 11.6 Å². The van der Waals surface area contributed by atoms with Gasteiger partial charge in [-0.1, -0.05) is 37.3 Å². The molecule has 1 aromatic heterocycles. The van der Waals surface area contributed by atoms with Crippen molar-refractivity contribution in [2.75, 3.05) is 0 Å². The number of benzene rings is 1. The van der Waals surface area contributed by atoms with Crippen molar-refractivity contribution in [2.45, 2.75) is 43.5 Å². The summed E-state index contributed by atoms with van der Waals surface area (Å²) >= 11 is 0. The Balaban J connectivity index is 2.28. The van der Waals surface area contributed by atoms with Crippen LogP contribution in [-0.2, 0) is 10.0 Å². The van der Waals surface area contributed by atoms with Crippen molar-refractivity contribution >= 4 is 18.1 Å². The molecule has 0 aliphatic rings. The monoisotopic (exact) mass is 337 g/mol. The Hall–Kier alpha value is -1.37. The van der Waals surface area contributed by atoms with Crippen molar-refractivity contribution in [2.24, 2.45) is 0 Å². The maximum atomic E-state index is 12.6. The molecule has 4 nitrogen and oxygen atoms in total. The van der Waals surface area contributed by atoms with Crippen LogP contribution < -0.4 is 4.72 Å². The predicted molar refractivity (Wildman–Crippen MR) is 91.1 cm³/mol. The minimum Gasteiger partial charge on any atom is -0.468 e. The molecular weight excluding hydrogens is 314 g/mol. The first-order chi connectivity index (χ1) is 10.2. The van der Waals surface area contributed by atoms with Gasteiger partial charge in [-0.3, -0.25) is 0 Å². The summed E-state index contributed by atoms with van der Waals surface area (Å²) in [6.07, 6.45) is 1.58. The molecule has 0 fully saturated rings. The van der Waals surface area contributed by atoms with Crippen LogP contribution in [0, 0.1) is 6.92 Å². The van der Waals surface area contributed by atoms with Gasteiger partial charge < -0.3 is 4.42 Å². The van der Waals surface area contributed by atoms with Crippen LogP contribution >= 0.6 is 0 Å². The fraction of sp³-hybridized carbons (Fsp3) is 0.375. The molecule has 2 rings (SSSR count). The number of hydrogen-bond donors (Lipinski definition) is 1. The Labute approximate surface area is 133 Å². The summed E-state index contributed by atoms with van der Waals surface area (Å²) in [4.78, 5) is 0.283. The molecule has 0 radical (unpaired) electrons. The highest BCUT2D eigenvalue weighted by atomic mass is 32.2. The minimum absolute atomic E-state index is 0.283. The van der Waals surface area contributed by atoms with Gasteiger partial charge in [0.2, 0.25) is 10.0 Å². The van der Waals surface area contributed by atoms with Gasteiger partial charge in [0.05, 0.1) is 17.2 Å². The highest BCUT2D eigenvalue weighted by Gasteiger charge is 2.28. The molecule has 1 unspecified atom stereocenters. The van der Waals surface area contributed by atoms with Crippen molar-refractivity contribution in [3.63, 3.8) is 0 Å². The van der Waals surface area contributed by atoms with E-state index >= 15 is 0 Å². The average molecular weight is 338 g/mol. The third-order valence-electron chi connectivity index (χ3n) is 3.33. The Kier molecular flexibility index (Phi) is 4.94. The molecule has 1 heterocycles. The van der Waals surface area contributed by atoms with Crippen LogP contribution in [0.2, 0.25) is 25.7 Å². The first-order valence-electron chi connectivity index (χ1n) is 7.30. The van der Waals surface area contributed by atoms with E-state index in [-0.39, 0.29) is 10.9 Å². The molecular formula is C16H23NO3SSi. The van der Waals surface area contributed by atoms with Gasteiger partial charge in [-0.05, 0) is 37.2 Å². The molecule has 0 aliphatic carbocycles. The van der Waals surface area contributed by atoms with Gasteiger partial charge >= 0.3 is 0 Å². The van der Waals surface area contributed by atoms with Gasteiger partial charge in [0.25, 0.3) is 0 Å². The largest absolute Gasteiger partial charge is 0.468 e. The van der Waals surface area contributed by atoms with Gasteiger partial charge in [0, 0.05) is 8.07 Å². The summed E-state index contributed by atoms with van der Waals surface area (Å²) in [5, 5.41) is 0. The summed E-state index contributed by atoms with van der Waals surface area (Å²) in [5.74, 6) is 0.665. The van der Waals surface area contributed by atoms with Crippen molar-refractivity contribution in [3.05, 3.63) is 54.0 Å². The van der Waals surface area contributed by atoms with E-state index in [1.54, 1.807) is 36.6 Å². The number of hydrogen-bond acceptors (Lipinski definition) is 3. The van der Waals surface area contributed by atoms with Crippen LogP contribution in [-0.4, -0.2) is 16.5 Å². The van der Waals surface area contributed by atoms with Crippen LogP contribution in [0.4, 0.5) is 0 Å². The molecule has 1 atom stereocenters. The number of furan rings is 1. The highest BCUT2D eigenvalue weighted by molar-refractivity contribution is 7.89. The van der Waals surface area contributed by atoms with E-state index in [0.29, 0.717) is 5.76 Å². The molecule has 0 saturated heterocycles. The first kappa shape index (κ1) is 17.0. The summed E-state index contributed by atoms with van der Waals surface area (Å²) in [6.45, 7) is 8.57. The molecule has 0 saturated carbocycles. The molecule has 0 amide bonds. The fourth-order valence-corrected chi connectivity index (χ4v) is 5.16. The lowest BCUT2D eigenvalue weighted by molar-refractivity contribution is 0.457. The average Bonchev–Trinajstić information content (AvgIpc) is 2.90. The Bertz CT molecular complexity index is 701. The second-order valence-corrected chi connectivity index (χ2v) is 14.0. The third-order valence-corrected chi connectivity index (χ3v) is 6.45. The summed E-state index contributed by atoms with van der Waals surface area (Å²) in [7, 11) is -5.04. The van der Waals surface area contributed by atoms with Gasteiger partial charge in [-0.15, -0.1) is 0 Å². The summed E-state index contributed by atoms with van der Waals surface area (Å²) in [5.41, 5.74) is 1.03. The van der Waals surface area contributed by atoms with Gasteiger partial charge in [-0.25, -0.2) is 13.1 Å². The van der Waals surface area contributed by atoms with E-state index in [1.165, 1.54) is 0 Å². The minimum atomic E-state index is -3.56. The zero-order valence-corrected chi connectivity index (χ0v) is 15.3. The fourth-order valence-electron chi connectivity index (χ4n) is 2.27. The van der Waals surface area contributed by atoms with Crippen molar-refractivity contribution in [1.29, 1.82) is 0 Å². The zero-order chi connectivity index (χ0) is 16.4. The third kappa shape index (κ3) is 4.56. The van der Waals surface area contributed by atoms with Crippen molar-refractivity contribution in [1.82, 2.24) is 4.72 Å². The zero-order valence-electron chi connectivity index (χ0n) is 13.5. The Morgan fingerprint density at radius 3 is 2.27 bits per heavy atom. The Morgan fingerprint density at radius 2 is 1.77 bits per heavy atom. The van der Waals surface area contributed by atoms with Gasteiger partial charge in [0.1, 0.15) is 5.76 Å². The Morgan fingerprint density at radius 1 is 1.14 bits per heavy atom. The molecule has 6 heteroatoms. The van der Waals surface area contributed by atoms with Crippen LogP contribution in [0.25, 0.3) is 0 Å². The maximum Gasteiger partial charge on any atom is 0.241 e. The predicted octanol–water partition coefficient (Wildman–Crippen LogP) is 3.95. The summed E-state index contributed by atoms with van der Waals surface area (Å²) in [6, 6.07) is 10.9. The number of nitrogens with one attached hydrogen (secondary N) is 1. The van der Waals surface area contributed by atoms with E-state index in [2.05, 4.69) is 24.4 Å². The molecule has 0 spiro atoms. The van der Waals surface area contributed by atoms with Gasteiger partial charge in [-0.2, -0.15) is 0 Å². The van der Waals surface area contributed by atoms with Crippen LogP contribution in [0.1, 0.15) is 17.4 Å². The maximum absolute atomic E-state index is 12.6. The quantitative estimate of drug-likeness (QED) is 0.812. The lowest BCUT2D eigenvalue weighted by Gasteiger charge is -2.24. The second kappa shape index (κ2) is 6.40. The molecule has 0 bridgehead atoms. The first-order valence-corrected chi connectivity index (χ1v) is 12.5. The highest BCUT2D eigenvalue weighted by Crippen LogP contribution is 2.27. The molecule has 1 aromatic carbocycles. The van der Waals surface area contributed by atoms with Gasteiger partial charge in [0.15, 0.2) is 0 Å². The molecule has 2 aromatic rings.